The Morgan fingerprint density at radius 3 is 2.68 bits per heavy atom. The van der Waals surface area contributed by atoms with Gasteiger partial charge in [0.15, 0.2) is 11.8 Å². The maximum Gasteiger partial charge on any atom is 0.191 e. The van der Waals surface area contributed by atoms with Crippen molar-refractivity contribution < 1.29 is 13.9 Å². The number of aromatic nitrogens is 3. The van der Waals surface area contributed by atoms with E-state index in [9.17, 15) is 4.39 Å². The zero-order valence-corrected chi connectivity index (χ0v) is 17.9. The number of guanidine groups is 1. The molecule has 3 N–H and O–H groups in total. The van der Waals surface area contributed by atoms with Crippen LogP contribution in [0.1, 0.15) is 19.7 Å². The number of H-pyrrole nitrogens is 1. The number of methoxy groups -OCH3 is 1. The molecule has 31 heavy (non-hydrogen) atoms. The Morgan fingerprint density at radius 1 is 1.16 bits per heavy atom. The van der Waals surface area contributed by atoms with Gasteiger partial charge in [0.05, 0.1) is 13.7 Å². The maximum absolute atomic E-state index is 13.3. The normalized spacial score (nSPS) is 12.3. The molecule has 0 saturated carbocycles. The summed E-state index contributed by atoms with van der Waals surface area (Å²) in [6.45, 7) is 5.42. The summed E-state index contributed by atoms with van der Waals surface area (Å²) in [5.41, 5.74) is 0.889. The van der Waals surface area contributed by atoms with Gasteiger partial charge in [-0.2, -0.15) is 5.10 Å². The van der Waals surface area contributed by atoms with E-state index < -0.39 is 0 Å². The summed E-state index contributed by atoms with van der Waals surface area (Å²) in [6.07, 6.45) is -0.183. The van der Waals surface area contributed by atoms with Crippen molar-refractivity contribution in [3.05, 3.63) is 60.2 Å². The van der Waals surface area contributed by atoms with Crippen molar-refractivity contribution in [3.8, 4) is 22.9 Å². The lowest BCUT2D eigenvalue weighted by Crippen LogP contribution is -2.41. The number of nitrogens with zero attached hydrogens (tertiary/aromatic N) is 3. The topological polar surface area (TPSA) is 96.5 Å². The monoisotopic (exact) mass is 426 g/mol. The fraction of sp³-hybridized carbons (Fsp3) is 0.318. The van der Waals surface area contributed by atoms with Gasteiger partial charge < -0.3 is 20.1 Å². The first kappa shape index (κ1) is 22.1. The van der Waals surface area contributed by atoms with Crippen molar-refractivity contribution in [1.29, 1.82) is 0 Å². The van der Waals surface area contributed by atoms with Crippen LogP contribution < -0.4 is 20.1 Å². The fourth-order valence-electron chi connectivity index (χ4n) is 2.79. The van der Waals surface area contributed by atoms with Gasteiger partial charge in [-0.25, -0.2) is 14.4 Å². The van der Waals surface area contributed by atoms with Crippen LogP contribution in [0.2, 0.25) is 0 Å². The summed E-state index contributed by atoms with van der Waals surface area (Å²) >= 11 is 0. The number of rotatable bonds is 9. The second kappa shape index (κ2) is 11.0. The second-order valence-electron chi connectivity index (χ2n) is 6.80. The molecule has 0 aliphatic heterocycles. The fourth-order valence-corrected chi connectivity index (χ4v) is 2.79. The summed E-state index contributed by atoms with van der Waals surface area (Å²) in [7, 11) is 1.63. The van der Waals surface area contributed by atoms with E-state index in [1.807, 2.05) is 38.1 Å². The first-order valence-corrected chi connectivity index (χ1v) is 10.1. The van der Waals surface area contributed by atoms with Gasteiger partial charge in [-0.3, -0.25) is 5.10 Å². The largest absolute Gasteiger partial charge is 0.497 e. The molecule has 0 fully saturated rings. The van der Waals surface area contributed by atoms with E-state index in [1.165, 1.54) is 12.1 Å². The van der Waals surface area contributed by atoms with Crippen molar-refractivity contribution in [2.45, 2.75) is 26.5 Å². The molecule has 1 heterocycles. The smallest absolute Gasteiger partial charge is 0.191 e. The SMILES string of the molecule is CCNC(=NCc1nc(-c2ccc(OC)cc2)n[nH]1)NCC(C)Oc1cccc(F)c1. The Kier molecular flexibility index (Phi) is 7.80. The predicted molar refractivity (Wildman–Crippen MR) is 118 cm³/mol. The van der Waals surface area contributed by atoms with Gasteiger partial charge in [0.2, 0.25) is 0 Å². The molecule has 1 atom stereocenters. The number of halogens is 1. The lowest BCUT2D eigenvalue weighted by Gasteiger charge is -2.17. The van der Waals surface area contributed by atoms with Crippen LogP contribution in [-0.2, 0) is 6.54 Å². The van der Waals surface area contributed by atoms with Crippen LogP contribution in [0.3, 0.4) is 0 Å². The van der Waals surface area contributed by atoms with E-state index in [4.69, 9.17) is 9.47 Å². The average Bonchev–Trinajstić information content (AvgIpc) is 3.25. The third kappa shape index (κ3) is 6.70. The molecule has 0 spiro atoms. The Hall–Kier alpha value is -3.62. The van der Waals surface area contributed by atoms with E-state index in [0.717, 1.165) is 11.3 Å². The molecule has 9 heteroatoms. The molecule has 164 valence electrons. The highest BCUT2D eigenvalue weighted by atomic mass is 19.1. The third-order valence-corrected chi connectivity index (χ3v) is 4.30. The molecular weight excluding hydrogens is 399 g/mol. The van der Waals surface area contributed by atoms with Crippen molar-refractivity contribution in [2.24, 2.45) is 4.99 Å². The minimum absolute atomic E-state index is 0.183. The molecular formula is C22H27FN6O2. The summed E-state index contributed by atoms with van der Waals surface area (Å²) < 4.78 is 24.2. The number of ether oxygens (including phenoxy) is 2. The van der Waals surface area contributed by atoms with E-state index in [-0.39, 0.29) is 11.9 Å². The minimum Gasteiger partial charge on any atom is -0.497 e. The predicted octanol–water partition coefficient (Wildman–Crippen LogP) is 3.14. The van der Waals surface area contributed by atoms with Gasteiger partial charge in [-0.1, -0.05) is 6.07 Å². The molecule has 8 nitrogen and oxygen atoms in total. The summed E-state index contributed by atoms with van der Waals surface area (Å²) in [5, 5.41) is 13.6. The molecule has 0 aliphatic carbocycles. The lowest BCUT2D eigenvalue weighted by atomic mass is 10.2. The molecule has 0 amide bonds. The van der Waals surface area contributed by atoms with Gasteiger partial charge in [-0.05, 0) is 50.2 Å². The van der Waals surface area contributed by atoms with Gasteiger partial charge >= 0.3 is 0 Å². The molecule has 3 rings (SSSR count). The number of aromatic amines is 1. The Morgan fingerprint density at radius 2 is 1.97 bits per heavy atom. The number of benzene rings is 2. The molecule has 0 radical (unpaired) electrons. The number of nitrogens with one attached hydrogen (secondary N) is 3. The summed E-state index contributed by atoms with van der Waals surface area (Å²) in [4.78, 5) is 9.03. The highest BCUT2D eigenvalue weighted by Crippen LogP contribution is 2.19. The average molecular weight is 426 g/mol. The zero-order chi connectivity index (χ0) is 22.1. The van der Waals surface area contributed by atoms with Crippen molar-refractivity contribution in [3.63, 3.8) is 0 Å². The summed E-state index contributed by atoms with van der Waals surface area (Å²) in [5.74, 6) is 2.81. The molecule has 1 aromatic heterocycles. The van der Waals surface area contributed by atoms with Crippen LogP contribution in [0.25, 0.3) is 11.4 Å². The number of aliphatic imine (C=N–C) groups is 1. The number of hydrogen-bond donors (Lipinski definition) is 3. The van der Waals surface area contributed by atoms with E-state index >= 15 is 0 Å². The van der Waals surface area contributed by atoms with Crippen LogP contribution in [0.4, 0.5) is 4.39 Å². The van der Waals surface area contributed by atoms with E-state index in [1.54, 1.807) is 19.2 Å². The van der Waals surface area contributed by atoms with Crippen LogP contribution >= 0.6 is 0 Å². The number of hydrogen-bond acceptors (Lipinski definition) is 5. The van der Waals surface area contributed by atoms with Gasteiger partial charge in [0.25, 0.3) is 0 Å². The molecule has 1 unspecified atom stereocenters. The van der Waals surface area contributed by atoms with E-state index in [2.05, 4.69) is 30.8 Å². The highest BCUT2D eigenvalue weighted by Gasteiger charge is 2.08. The third-order valence-electron chi connectivity index (χ3n) is 4.30. The molecule has 0 saturated heterocycles. The first-order valence-electron chi connectivity index (χ1n) is 10.1. The van der Waals surface area contributed by atoms with Crippen molar-refractivity contribution in [2.75, 3.05) is 20.2 Å². The first-order chi connectivity index (χ1) is 15.1. The lowest BCUT2D eigenvalue weighted by molar-refractivity contribution is 0.223. The van der Waals surface area contributed by atoms with Crippen molar-refractivity contribution >= 4 is 5.96 Å². The van der Waals surface area contributed by atoms with Crippen molar-refractivity contribution in [1.82, 2.24) is 25.8 Å². The van der Waals surface area contributed by atoms with Gasteiger partial charge in [0.1, 0.15) is 35.8 Å². The standard InChI is InChI=1S/C22H27FN6O2/c1-4-24-22(25-13-15(2)31-19-7-5-6-17(23)12-19)26-14-20-27-21(29-28-20)16-8-10-18(30-3)11-9-16/h5-12,15H,4,13-14H2,1-3H3,(H2,24,25,26)(H,27,28,29). The van der Waals surface area contributed by atoms with E-state index in [0.29, 0.717) is 43.0 Å². The Balaban J connectivity index is 1.56. The second-order valence-corrected chi connectivity index (χ2v) is 6.80. The quantitative estimate of drug-likeness (QED) is 0.359. The summed E-state index contributed by atoms with van der Waals surface area (Å²) in [6, 6.07) is 13.6. The Bertz CT molecular complexity index is 990. The Labute approximate surface area is 180 Å². The molecule has 2 aromatic carbocycles. The maximum atomic E-state index is 13.3. The van der Waals surface area contributed by atoms with Gasteiger partial charge in [0, 0.05) is 18.2 Å². The molecule has 0 aliphatic rings. The van der Waals surface area contributed by atoms with Crippen LogP contribution in [0.5, 0.6) is 11.5 Å². The van der Waals surface area contributed by atoms with Gasteiger partial charge in [-0.15, -0.1) is 0 Å². The van der Waals surface area contributed by atoms with Crippen LogP contribution in [0, 0.1) is 5.82 Å². The highest BCUT2D eigenvalue weighted by molar-refractivity contribution is 5.79. The van der Waals surface area contributed by atoms with Crippen LogP contribution in [0.15, 0.2) is 53.5 Å². The molecule has 3 aromatic rings. The zero-order valence-electron chi connectivity index (χ0n) is 17.9. The molecule has 0 bridgehead atoms. The minimum atomic E-state index is -0.325. The van der Waals surface area contributed by atoms with Crippen LogP contribution in [-0.4, -0.2) is 47.4 Å².